The second-order valence-corrected chi connectivity index (χ2v) is 4.76. The van der Waals surface area contributed by atoms with Gasteiger partial charge in [0, 0.05) is 0 Å². The van der Waals surface area contributed by atoms with Crippen molar-refractivity contribution in [3.8, 4) is 0 Å². The van der Waals surface area contributed by atoms with Gasteiger partial charge in [0.1, 0.15) is 0 Å². The number of ether oxygens (including phenoxy) is 2. The Hall–Kier alpha value is -1.34. The van der Waals surface area contributed by atoms with E-state index in [0.29, 0.717) is 0 Å². The Morgan fingerprint density at radius 1 is 0.414 bits per heavy atom. The molecule has 0 unspecified atom stereocenters. The lowest BCUT2D eigenvalue weighted by molar-refractivity contribution is -0.551. The van der Waals surface area contributed by atoms with Crippen LogP contribution in [0.15, 0.2) is 0 Å². The van der Waals surface area contributed by atoms with E-state index in [9.17, 15) is 79.0 Å². The molecule has 2 nitrogen and oxygen atoms in total. The first-order chi connectivity index (χ1) is 12.2. The highest BCUT2D eigenvalue weighted by molar-refractivity contribution is 5.06. The summed E-state index contributed by atoms with van der Waals surface area (Å²) in [4.78, 5) is 0. The van der Waals surface area contributed by atoms with Gasteiger partial charge in [-0.05, 0) is 0 Å². The molecule has 0 bridgehead atoms. The van der Waals surface area contributed by atoms with Crippen molar-refractivity contribution in [2.45, 2.75) is 48.4 Å². The first kappa shape index (κ1) is 27.7. The molecule has 0 atom stereocenters. The van der Waals surface area contributed by atoms with E-state index in [-0.39, 0.29) is 0 Å². The van der Waals surface area contributed by atoms with Crippen molar-refractivity contribution in [3.63, 3.8) is 0 Å². The summed E-state index contributed by atoms with van der Waals surface area (Å²) in [6.45, 7) is -3.88. The second-order valence-electron chi connectivity index (χ2n) is 4.76. The monoisotopic (exact) mass is 484 g/mol. The Morgan fingerprint density at radius 3 is 1.07 bits per heavy atom. The van der Waals surface area contributed by atoms with Gasteiger partial charge in [-0.3, -0.25) is 0 Å². The topological polar surface area (TPSA) is 18.5 Å². The summed E-state index contributed by atoms with van der Waals surface area (Å²) >= 11 is 0. The van der Waals surface area contributed by atoms with Crippen LogP contribution in [0.2, 0.25) is 0 Å². The van der Waals surface area contributed by atoms with Crippen molar-refractivity contribution in [2.75, 3.05) is 6.67 Å². The molecule has 0 radical (unpaired) electrons. The Balaban J connectivity index is 6.17. The molecule has 0 aromatic carbocycles. The predicted octanol–water partition coefficient (Wildman–Crippen LogP) is 5.83. The van der Waals surface area contributed by atoms with E-state index in [2.05, 4.69) is 0 Å². The highest BCUT2D eigenvalue weighted by Crippen LogP contribution is 2.58. The van der Waals surface area contributed by atoms with Crippen molar-refractivity contribution < 1.29 is 88.5 Å². The van der Waals surface area contributed by atoms with Crippen LogP contribution in [0.3, 0.4) is 0 Å². The lowest BCUT2D eigenvalue weighted by Crippen LogP contribution is -2.69. The molecule has 0 spiro atoms. The van der Waals surface area contributed by atoms with Crippen LogP contribution in [0, 0.1) is 0 Å². The highest BCUT2D eigenvalue weighted by atomic mass is 19.4. The molecule has 20 heteroatoms. The molecule has 0 heterocycles. The van der Waals surface area contributed by atoms with E-state index < -0.39 is 55.1 Å². The second kappa shape index (κ2) is 7.12. The van der Waals surface area contributed by atoms with E-state index >= 15 is 0 Å². The highest BCUT2D eigenvalue weighted by Gasteiger charge is 2.88. The van der Waals surface area contributed by atoms with Crippen molar-refractivity contribution in [3.05, 3.63) is 0 Å². The van der Waals surface area contributed by atoms with E-state index in [1.807, 2.05) is 0 Å². The van der Waals surface area contributed by atoms with Crippen molar-refractivity contribution in [2.24, 2.45) is 0 Å². The summed E-state index contributed by atoms with van der Waals surface area (Å²) in [6, 6.07) is 0. The SMILES string of the molecule is FCC(F)(F)C(F)(F)C(F)(F)C(F)(F)C(F)(F)OC(F)(F)C(F)(F)OC(F)(F)F. The first-order valence-electron chi connectivity index (χ1n) is 5.90. The molecule has 0 amide bonds. The van der Waals surface area contributed by atoms with E-state index in [4.69, 9.17) is 0 Å². The summed E-state index contributed by atoms with van der Waals surface area (Å²) in [7, 11) is 0. The minimum Gasteiger partial charge on any atom is -0.244 e. The molecular weight excluding hydrogens is 482 g/mol. The third-order valence-corrected chi connectivity index (χ3v) is 2.62. The van der Waals surface area contributed by atoms with Crippen LogP contribution in [-0.2, 0) is 9.47 Å². The van der Waals surface area contributed by atoms with Gasteiger partial charge < -0.3 is 0 Å². The van der Waals surface area contributed by atoms with Gasteiger partial charge in [-0.25, -0.2) is 13.9 Å². The molecule has 0 aromatic rings. The summed E-state index contributed by atoms with van der Waals surface area (Å²) < 4.78 is 227. The number of halogens is 18. The Bertz CT molecular complexity index is 576. The Labute approximate surface area is 145 Å². The van der Waals surface area contributed by atoms with Crippen LogP contribution < -0.4 is 0 Å². The van der Waals surface area contributed by atoms with Crippen LogP contribution >= 0.6 is 0 Å². The standard InChI is InChI=1S/C9H2F18O2/c10-1-2(11,12)3(13,14)4(15,16)5(17,18)6(19,20)28-7(21,22)8(23,24)29-9(25,26)27/h1H2. The fraction of sp³-hybridized carbons (Fsp3) is 1.00. The largest absolute Gasteiger partial charge is 0.527 e. The Morgan fingerprint density at radius 2 is 0.759 bits per heavy atom. The van der Waals surface area contributed by atoms with Crippen LogP contribution in [0.5, 0.6) is 0 Å². The quantitative estimate of drug-likeness (QED) is 0.384. The third kappa shape index (κ3) is 4.71. The molecule has 0 saturated carbocycles. The summed E-state index contributed by atoms with van der Waals surface area (Å²) in [5.41, 5.74) is 0. The lowest BCUT2D eigenvalue weighted by Gasteiger charge is -2.39. The molecule has 29 heavy (non-hydrogen) atoms. The van der Waals surface area contributed by atoms with Crippen molar-refractivity contribution in [1.82, 2.24) is 0 Å². The van der Waals surface area contributed by atoms with E-state index in [1.54, 1.807) is 0 Å². The number of hydrogen-bond acceptors (Lipinski definition) is 2. The average Bonchev–Trinajstić information content (AvgIpc) is 2.42. The molecule has 0 aliphatic carbocycles. The molecule has 0 aromatic heterocycles. The number of hydrogen-bond donors (Lipinski definition) is 0. The zero-order valence-corrected chi connectivity index (χ0v) is 12.3. The fourth-order valence-electron chi connectivity index (χ4n) is 1.18. The van der Waals surface area contributed by atoms with Crippen LogP contribution in [0.25, 0.3) is 0 Å². The molecule has 176 valence electrons. The number of alkyl halides is 18. The van der Waals surface area contributed by atoms with Crippen LogP contribution in [0.4, 0.5) is 79.0 Å². The van der Waals surface area contributed by atoms with Crippen molar-refractivity contribution in [1.29, 1.82) is 0 Å². The third-order valence-electron chi connectivity index (χ3n) is 2.62. The van der Waals surface area contributed by atoms with Gasteiger partial charge in [0.2, 0.25) is 0 Å². The summed E-state index contributed by atoms with van der Waals surface area (Å²) in [6.07, 6.45) is -29.7. The van der Waals surface area contributed by atoms with E-state index in [0.717, 1.165) is 0 Å². The number of rotatable bonds is 9. The Kier molecular flexibility index (Phi) is 6.79. The van der Waals surface area contributed by atoms with Gasteiger partial charge in [0.15, 0.2) is 6.67 Å². The molecular formula is C9H2F18O2. The molecule has 0 fully saturated rings. The maximum Gasteiger partial charge on any atom is 0.527 e. The normalized spacial score (nSPS) is 16.3. The minimum atomic E-state index is -8.25. The smallest absolute Gasteiger partial charge is 0.244 e. The zero-order chi connectivity index (χ0) is 24.1. The summed E-state index contributed by atoms with van der Waals surface area (Å²) in [5, 5.41) is 0. The van der Waals surface area contributed by atoms with Gasteiger partial charge in [-0.15, -0.1) is 13.2 Å². The molecule has 0 aliphatic rings. The molecule has 0 aliphatic heterocycles. The lowest BCUT2D eigenvalue weighted by atomic mass is 9.98. The minimum absolute atomic E-state index is 1.18. The first-order valence-corrected chi connectivity index (χ1v) is 5.90. The zero-order valence-electron chi connectivity index (χ0n) is 12.3. The molecule has 0 saturated heterocycles. The van der Waals surface area contributed by atoms with Crippen LogP contribution in [0.1, 0.15) is 0 Å². The maximum atomic E-state index is 13.0. The fourth-order valence-corrected chi connectivity index (χ4v) is 1.18. The maximum absolute atomic E-state index is 13.0. The molecule has 0 N–H and O–H groups in total. The van der Waals surface area contributed by atoms with Gasteiger partial charge >= 0.3 is 48.4 Å². The van der Waals surface area contributed by atoms with Gasteiger partial charge in [-0.1, -0.05) is 0 Å². The molecule has 0 rings (SSSR count). The van der Waals surface area contributed by atoms with Gasteiger partial charge in [0.25, 0.3) is 0 Å². The average molecular weight is 484 g/mol. The van der Waals surface area contributed by atoms with Gasteiger partial charge in [-0.2, -0.15) is 61.5 Å². The van der Waals surface area contributed by atoms with Crippen molar-refractivity contribution >= 4 is 0 Å². The van der Waals surface area contributed by atoms with Gasteiger partial charge in [0.05, 0.1) is 0 Å². The predicted molar refractivity (Wildman–Crippen MR) is 48.8 cm³/mol. The van der Waals surface area contributed by atoms with Crippen LogP contribution in [-0.4, -0.2) is 55.1 Å². The van der Waals surface area contributed by atoms with E-state index in [1.165, 1.54) is 9.47 Å². The summed E-state index contributed by atoms with van der Waals surface area (Å²) in [5.74, 6) is -31.0.